The van der Waals surface area contributed by atoms with Crippen LogP contribution in [0.4, 0.5) is 0 Å². The monoisotopic (exact) mass is 458 g/mol. The summed E-state index contributed by atoms with van der Waals surface area (Å²) in [5, 5.41) is 26.0. The minimum absolute atomic E-state index is 0.106. The lowest BCUT2D eigenvalue weighted by Gasteiger charge is -2.28. The van der Waals surface area contributed by atoms with E-state index in [4.69, 9.17) is 29.5 Å². The lowest BCUT2D eigenvalue weighted by atomic mass is 9.88. The number of carbonyl (C=O) groups excluding carboxylic acids is 3. The summed E-state index contributed by atoms with van der Waals surface area (Å²) in [6.07, 6.45) is 0.594. The maximum Gasteiger partial charge on any atom is 0.333 e. The zero-order chi connectivity index (χ0) is 25.5. The number of hydrogen-bond acceptors (Lipinski definition) is 9. The summed E-state index contributed by atoms with van der Waals surface area (Å²) in [4.78, 5) is 34.6. The van der Waals surface area contributed by atoms with Gasteiger partial charge in [-0.1, -0.05) is 26.7 Å². The maximum atomic E-state index is 11.5. The fourth-order valence-corrected chi connectivity index (χ4v) is 1.70. The van der Waals surface area contributed by atoms with Crippen molar-refractivity contribution >= 4 is 17.9 Å². The molecule has 0 unspecified atom stereocenters. The van der Waals surface area contributed by atoms with Crippen molar-refractivity contribution in [2.24, 2.45) is 10.8 Å². The first-order valence-corrected chi connectivity index (χ1v) is 10.0. The summed E-state index contributed by atoms with van der Waals surface area (Å²) >= 11 is 0. The van der Waals surface area contributed by atoms with Crippen LogP contribution in [0, 0.1) is 10.8 Å². The minimum atomic E-state index is -0.901. The molecule has 0 rings (SSSR count). The molecule has 0 aromatic rings. The molecule has 0 aromatic heterocycles. The van der Waals surface area contributed by atoms with Gasteiger partial charge in [-0.2, -0.15) is 0 Å². The van der Waals surface area contributed by atoms with Crippen molar-refractivity contribution < 1.29 is 43.9 Å². The molecular weight excluding hydrogens is 420 g/mol. The van der Waals surface area contributed by atoms with Gasteiger partial charge in [0.15, 0.2) is 0 Å². The van der Waals surface area contributed by atoms with Crippen LogP contribution >= 0.6 is 0 Å². The van der Waals surface area contributed by atoms with Crippen molar-refractivity contribution in [3.8, 4) is 0 Å². The predicted octanol–water partition coefficient (Wildman–Crippen LogP) is 1.71. The van der Waals surface area contributed by atoms with E-state index in [2.05, 4.69) is 19.7 Å². The van der Waals surface area contributed by atoms with Crippen LogP contribution < -0.4 is 0 Å². The van der Waals surface area contributed by atoms with Crippen molar-refractivity contribution in [1.29, 1.82) is 0 Å². The molecule has 0 bridgehead atoms. The third kappa shape index (κ3) is 12.4. The number of rotatable bonds is 13. The van der Waals surface area contributed by atoms with E-state index in [9.17, 15) is 14.4 Å². The van der Waals surface area contributed by atoms with Gasteiger partial charge in [0.05, 0.1) is 25.2 Å². The molecule has 9 nitrogen and oxygen atoms in total. The number of aliphatic hydroxyl groups excluding tert-OH is 3. The summed E-state index contributed by atoms with van der Waals surface area (Å²) < 4.78 is 15.3. The SMILES string of the molecule is C=C(C)C(=O)OCC(C)(COC(=O)C(=C)C)COC(=O)C(=C)C.CCC(CO)(CO)CO. The molecule has 0 spiro atoms. The molecular formula is C23H38O9. The molecule has 0 amide bonds. The van der Waals surface area contributed by atoms with Gasteiger partial charge in [-0.05, 0) is 34.1 Å². The zero-order valence-electron chi connectivity index (χ0n) is 19.9. The Morgan fingerprint density at radius 2 is 0.938 bits per heavy atom. The third-order valence-electron chi connectivity index (χ3n) is 4.46. The summed E-state index contributed by atoms with van der Waals surface area (Å²) in [5.41, 5.74) is -0.845. The zero-order valence-corrected chi connectivity index (χ0v) is 19.9. The van der Waals surface area contributed by atoms with Gasteiger partial charge < -0.3 is 29.5 Å². The molecule has 0 aromatic carbocycles. The average Bonchev–Trinajstić information content (AvgIpc) is 2.76. The molecule has 0 saturated heterocycles. The quantitative estimate of drug-likeness (QED) is 0.214. The Balaban J connectivity index is 0. The van der Waals surface area contributed by atoms with Gasteiger partial charge in [-0.3, -0.25) is 0 Å². The fraction of sp³-hybridized carbons (Fsp3) is 0.609. The highest BCUT2D eigenvalue weighted by molar-refractivity contribution is 5.88. The predicted molar refractivity (Wildman–Crippen MR) is 119 cm³/mol. The molecule has 0 radical (unpaired) electrons. The van der Waals surface area contributed by atoms with Gasteiger partial charge in [0, 0.05) is 22.1 Å². The van der Waals surface area contributed by atoms with E-state index in [-0.39, 0.29) is 56.4 Å². The smallest absolute Gasteiger partial charge is 0.333 e. The van der Waals surface area contributed by atoms with Crippen LogP contribution in [-0.2, 0) is 28.6 Å². The molecule has 0 aliphatic rings. The number of ether oxygens (including phenoxy) is 3. The van der Waals surface area contributed by atoms with Crippen molar-refractivity contribution in [3.05, 3.63) is 36.5 Å². The molecule has 0 saturated carbocycles. The van der Waals surface area contributed by atoms with Gasteiger partial charge in [0.2, 0.25) is 0 Å². The first-order valence-electron chi connectivity index (χ1n) is 10.0. The first-order chi connectivity index (χ1) is 14.7. The van der Waals surface area contributed by atoms with Gasteiger partial charge in [-0.15, -0.1) is 0 Å². The molecule has 0 heterocycles. The van der Waals surface area contributed by atoms with Crippen LogP contribution in [0.1, 0.15) is 41.0 Å². The highest BCUT2D eigenvalue weighted by atomic mass is 16.6. The Bertz CT molecular complexity index is 583. The van der Waals surface area contributed by atoms with Crippen molar-refractivity contribution in [1.82, 2.24) is 0 Å². The summed E-state index contributed by atoms with van der Waals surface area (Å²) in [6, 6.07) is 0. The lowest BCUT2D eigenvalue weighted by molar-refractivity contribution is -0.155. The number of aliphatic hydroxyl groups is 3. The molecule has 184 valence electrons. The Morgan fingerprint density at radius 3 is 1.06 bits per heavy atom. The van der Waals surface area contributed by atoms with Gasteiger partial charge in [0.1, 0.15) is 19.8 Å². The number of esters is 3. The second-order valence-corrected chi connectivity index (χ2v) is 8.21. The molecule has 0 aliphatic heterocycles. The van der Waals surface area contributed by atoms with Crippen LogP contribution in [0.5, 0.6) is 0 Å². The summed E-state index contributed by atoms with van der Waals surface area (Å²) in [7, 11) is 0. The maximum absolute atomic E-state index is 11.5. The van der Waals surface area contributed by atoms with Crippen LogP contribution in [0.25, 0.3) is 0 Å². The van der Waals surface area contributed by atoms with E-state index in [1.54, 1.807) is 6.92 Å². The topological polar surface area (TPSA) is 140 Å². The molecule has 3 N–H and O–H groups in total. The molecule has 32 heavy (non-hydrogen) atoms. The molecule has 0 aliphatic carbocycles. The molecule has 9 heteroatoms. The average molecular weight is 459 g/mol. The first kappa shape index (κ1) is 31.7. The van der Waals surface area contributed by atoms with Crippen LogP contribution in [-0.4, -0.2) is 72.9 Å². The van der Waals surface area contributed by atoms with Crippen molar-refractivity contribution in [3.63, 3.8) is 0 Å². The van der Waals surface area contributed by atoms with E-state index in [0.29, 0.717) is 6.42 Å². The lowest BCUT2D eigenvalue weighted by Crippen LogP contribution is -2.37. The van der Waals surface area contributed by atoms with E-state index in [1.807, 2.05) is 6.92 Å². The van der Waals surface area contributed by atoms with Crippen LogP contribution in [0.3, 0.4) is 0 Å². The largest absolute Gasteiger partial charge is 0.461 e. The van der Waals surface area contributed by atoms with E-state index < -0.39 is 28.7 Å². The van der Waals surface area contributed by atoms with Crippen LogP contribution in [0.15, 0.2) is 36.5 Å². The molecule has 0 atom stereocenters. The number of hydrogen-bond donors (Lipinski definition) is 3. The Hall–Kier alpha value is -2.49. The third-order valence-corrected chi connectivity index (χ3v) is 4.46. The van der Waals surface area contributed by atoms with Gasteiger partial charge >= 0.3 is 17.9 Å². The van der Waals surface area contributed by atoms with Crippen molar-refractivity contribution in [2.75, 3.05) is 39.6 Å². The highest BCUT2D eigenvalue weighted by Gasteiger charge is 2.31. The Kier molecular flexibility index (Phi) is 15.2. The van der Waals surface area contributed by atoms with Crippen molar-refractivity contribution in [2.45, 2.75) is 41.0 Å². The second kappa shape index (κ2) is 15.3. The standard InChI is InChI=1S/C17H24O6.C6H14O3/c1-11(2)14(18)21-8-17(7,9-22-15(19)12(3)4)10-23-16(20)13(5)6;1-2-6(3-7,4-8)5-9/h1,3,5,8-10H2,2,4,6-7H3;7-9H,2-5H2,1H3. The van der Waals surface area contributed by atoms with E-state index in [0.717, 1.165) is 0 Å². The highest BCUT2D eigenvalue weighted by Crippen LogP contribution is 2.20. The van der Waals surface area contributed by atoms with Gasteiger partial charge in [0.25, 0.3) is 0 Å². The Labute approximate surface area is 190 Å². The Morgan fingerprint density at radius 1 is 0.688 bits per heavy atom. The summed E-state index contributed by atoms with van der Waals surface area (Å²) in [6.45, 7) is 17.7. The van der Waals surface area contributed by atoms with Gasteiger partial charge in [-0.25, -0.2) is 14.4 Å². The molecule has 0 fully saturated rings. The summed E-state index contributed by atoms with van der Waals surface area (Å²) in [5.74, 6) is -1.73. The van der Waals surface area contributed by atoms with Crippen LogP contribution in [0.2, 0.25) is 0 Å². The fourth-order valence-electron chi connectivity index (χ4n) is 1.70. The minimum Gasteiger partial charge on any atom is -0.461 e. The van der Waals surface area contributed by atoms with E-state index >= 15 is 0 Å². The van der Waals surface area contributed by atoms with E-state index in [1.165, 1.54) is 20.8 Å². The normalized spacial score (nSPS) is 10.9. The second-order valence-electron chi connectivity index (χ2n) is 8.21. The number of carbonyl (C=O) groups is 3.